The van der Waals surface area contributed by atoms with Gasteiger partial charge in [0.05, 0.1) is 24.7 Å². The van der Waals surface area contributed by atoms with E-state index in [9.17, 15) is 45.6 Å². The van der Waals surface area contributed by atoms with Crippen LogP contribution >= 0.6 is 0 Å². The van der Waals surface area contributed by atoms with Gasteiger partial charge in [-0.25, -0.2) is 0 Å². The Morgan fingerprint density at radius 2 is 1.35 bits per heavy atom. The number of aliphatic hydroxyl groups is 7. The summed E-state index contributed by atoms with van der Waals surface area (Å²) >= 11 is 0. The number of carbonyl (C=O) groups is 1. The molecule has 2 heterocycles. The van der Waals surface area contributed by atoms with E-state index in [1.165, 1.54) is 5.57 Å². The minimum absolute atomic E-state index is 0.00451. The number of fused-ring (bicyclic) bond motifs is 7. The number of aliphatic carboxylic acids is 1. The zero-order chi connectivity index (χ0) is 40.3. The molecule has 7 rings (SSSR count). The Morgan fingerprint density at radius 3 is 2.00 bits per heavy atom. The monoisotopic (exact) mass is 780 g/mol. The third-order valence-electron chi connectivity index (χ3n) is 17.3. The largest absolute Gasteiger partial charge is 0.481 e. The Hall–Kier alpha value is -1.23. The first-order valence-corrected chi connectivity index (χ1v) is 20.8. The molecular formula is C42H68O13. The molecule has 6 fully saturated rings. The molecular weight excluding hydrogens is 712 g/mol. The summed E-state index contributed by atoms with van der Waals surface area (Å²) in [5.74, 6) is 0.0886. The molecule has 2 saturated heterocycles. The summed E-state index contributed by atoms with van der Waals surface area (Å²) in [5.41, 5.74) is 0.344. The Labute approximate surface area is 325 Å². The average Bonchev–Trinajstić information content (AvgIpc) is 3.12. The van der Waals surface area contributed by atoms with Gasteiger partial charge < -0.3 is 59.8 Å². The predicted octanol–water partition coefficient (Wildman–Crippen LogP) is 2.88. The zero-order valence-electron chi connectivity index (χ0n) is 33.8. The van der Waals surface area contributed by atoms with E-state index in [2.05, 4.69) is 54.5 Å². The molecule has 0 amide bonds. The zero-order valence-corrected chi connectivity index (χ0v) is 33.8. The summed E-state index contributed by atoms with van der Waals surface area (Å²) in [5, 5.41) is 84.2. The van der Waals surface area contributed by atoms with Gasteiger partial charge >= 0.3 is 5.97 Å². The molecule has 314 valence electrons. The normalized spacial score (nSPS) is 53.2. The maximum atomic E-state index is 13.0. The predicted molar refractivity (Wildman–Crippen MR) is 198 cm³/mol. The molecule has 0 unspecified atom stereocenters. The van der Waals surface area contributed by atoms with Crippen LogP contribution in [0.15, 0.2) is 11.6 Å². The first-order chi connectivity index (χ1) is 25.6. The van der Waals surface area contributed by atoms with Crippen molar-refractivity contribution in [1.82, 2.24) is 0 Å². The number of aliphatic hydroxyl groups excluding tert-OH is 7. The van der Waals surface area contributed by atoms with Gasteiger partial charge in [-0.3, -0.25) is 4.79 Å². The SMILES string of the molecule is CC1(C)CC[C@]2(C(=O)O)CC[C@]3(C)C(=CC[C@H]4[C@@]5(C)CC[C@@H](O[C@@H]6O[C@H](CO)[C@@H](O[C@@H]7O[C@H](CO)[C@H](O)[C@H](O)[C@H]7O)[C@H](O)[C@H]6O)C(C)(C)[C@H]5CC[C@]43C)[C@@H]2C1. The number of rotatable bonds is 7. The second kappa shape index (κ2) is 14.2. The van der Waals surface area contributed by atoms with Crippen LogP contribution in [-0.4, -0.2) is 128 Å². The molecule has 18 atom stereocenters. The van der Waals surface area contributed by atoms with E-state index < -0.39 is 86.0 Å². The third kappa shape index (κ3) is 6.23. The van der Waals surface area contributed by atoms with Crippen LogP contribution < -0.4 is 0 Å². The quantitative estimate of drug-likeness (QED) is 0.138. The lowest BCUT2D eigenvalue weighted by Crippen LogP contribution is -2.66. The van der Waals surface area contributed by atoms with Crippen LogP contribution in [0.25, 0.3) is 0 Å². The highest BCUT2D eigenvalue weighted by molar-refractivity contribution is 5.76. The summed E-state index contributed by atoms with van der Waals surface area (Å²) in [6.07, 6.45) is -4.17. The summed E-state index contributed by atoms with van der Waals surface area (Å²) < 4.78 is 23.9. The van der Waals surface area contributed by atoms with Gasteiger partial charge in [0.1, 0.15) is 48.8 Å². The molecule has 7 aliphatic rings. The Kier molecular flexibility index (Phi) is 10.8. The van der Waals surface area contributed by atoms with E-state index in [1.807, 2.05) is 0 Å². The fourth-order valence-corrected chi connectivity index (χ4v) is 13.7. The van der Waals surface area contributed by atoms with Gasteiger partial charge in [0.25, 0.3) is 0 Å². The minimum atomic E-state index is -1.74. The molecule has 13 heteroatoms. The van der Waals surface area contributed by atoms with E-state index >= 15 is 0 Å². The molecule has 55 heavy (non-hydrogen) atoms. The number of carboxylic acids is 1. The van der Waals surface area contributed by atoms with Crippen LogP contribution in [0.1, 0.15) is 113 Å². The molecule has 0 radical (unpaired) electrons. The van der Waals surface area contributed by atoms with Crippen LogP contribution in [0.4, 0.5) is 0 Å². The molecule has 0 aromatic carbocycles. The first-order valence-electron chi connectivity index (χ1n) is 20.8. The highest BCUT2D eigenvalue weighted by Crippen LogP contribution is 2.76. The lowest BCUT2D eigenvalue weighted by Gasteiger charge is -2.71. The van der Waals surface area contributed by atoms with Crippen molar-refractivity contribution >= 4 is 5.97 Å². The Bertz CT molecular complexity index is 1480. The van der Waals surface area contributed by atoms with Crippen molar-refractivity contribution in [3.8, 4) is 0 Å². The van der Waals surface area contributed by atoms with Crippen molar-refractivity contribution in [2.75, 3.05) is 13.2 Å². The third-order valence-corrected chi connectivity index (χ3v) is 17.3. The maximum Gasteiger partial charge on any atom is 0.310 e. The van der Waals surface area contributed by atoms with Crippen molar-refractivity contribution in [3.63, 3.8) is 0 Å². The molecule has 13 nitrogen and oxygen atoms in total. The number of hydrogen-bond donors (Lipinski definition) is 8. The van der Waals surface area contributed by atoms with Gasteiger partial charge in [-0.2, -0.15) is 0 Å². The van der Waals surface area contributed by atoms with Crippen molar-refractivity contribution in [2.45, 2.75) is 180 Å². The summed E-state index contributed by atoms with van der Waals surface area (Å²) in [6.45, 7) is 15.1. The van der Waals surface area contributed by atoms with Gasteiger partial charge in [0, 0.05) is 0 Å². The van der Waals surface area contributed by atoms with Crippen molar-refractivity contribution in [3.05, 3.63) is 11.6 Å². The van der Waals surface area contributed by atoms with Crippen LogP contribution in [0, 0.1) is 50.2 Å². The minimum Gasteiger partial charge on any atom is -0.481 e. The number of carboxylic acid groups (broad SMARTS) is 1. The van der Waals surface area contributed by atoms with Crippen LogP contribution in [0.3, 0.4) is 0 Å². The van der Waals surface area contributed by atoms with Crippen molar-refractivity contribution in [2.24, 2.45) is 50.2 Å². The lowest BCUT2D eigenvalue weighted by atomic mass is 9.33. The molecule has 0 aromatic rings. The van der Waals surface area contributed by atoms with E-state index in [4.69, 9.17) is 18.9 Å². The van der Waals surface area contributed by atoms with Gasteiger partial charge in [0.15, 0.2) is 12.6 Å². The lowest BCUT2D eigenvalue weighted by molar-refractivity contribution is -0.368. The van der Waals surface area contributed by atoms with Crippen molar-refractivity contribution in [1.29, 1.82) is 0 Å². The smallest absolute Gasteiger partial charge is 0.310 e. The summed E-state index contributed by atoms with van der Waals surface area (Å²) in [4.78, 5) is 13.0. The molecule has 2 aliphatic heterocycles. The molecule has 4 saturated carbocycles. The fraction of sp³-hybridized carbons (Fsp3) is 0.929. The fourth-order valence-electron chi connectivity index (χ4n) is 13.7. The molecule has 0 spiro atoms. The molecule has 0 bridgehead atoms. The van der Waals surface area contributed by atoms with Gasteiger partial charge in [0.2, 0.25) is 0 Å². The molecule has 0 aromatic heterocycles. The van der Waals surface area contributed by atoms with E-state index in [-0.39, 0.29) is 45.0 Å². The van der Waals surface area contributed by atoms with Gasteiger partial charge in [-0.1, -0.05) is 60.1 Å². The highest BCUT2D eigenvalue weighted by atomic mass is 16.7. The standard InChI is InChI=1S/C42H68O13/c1-37(2)14-16-42(36(50)51)17-15-40(6)21(22(42)18-37)8-9-26-39(5)12-11-27(38(3,4)25(39)10-13-41(26,40)7)54-34-32(49)30(47)33(24(20-44)53-34)55-35-31(48)29(46)28(45)23(19-43)52-35/h8,22-35,43-49H,9-20H2,1-7H3,(H,50,51)/t22-,23+,24+,25+,26-,27+,28-,29-,30+,31+,32+,33+,34-,35-,39-,40+,41+,42-/m0/s1. The van der Waals surface area contributed by atoms with Crippen LogP contribution in [-0.2, 0) is 23.7 Å². The maximum absolute atomic E-state index is 13.0. The first kappa shape index (κ1) is 41.9. The highest BCUT2D eigenvalue weighted by Gasteiger charge is 2.69. The van der Waals surface area contributed by atoms with E-state index in [0.29, 0.717) is 12.3 Å². The van der Waals surface area contributed by atoms with Crippen LogP contribution in [0.5, 0.6) is 0 Å². The summed E-state index contributed by atoms with van der Waals surface area (Å²) in [6, 6.07) is 0. The van der Waals surface area contributed by atoms with Crippen molar-refractivity contribution < 1.29 is 64.6 Å². The molecule has 8 N–H and O–H groups in total. The van der Waals surface area contributed by atoms with Crippen LogP contribution in [0.2, 0.25) is 0 Å². The average molecular weight is 781 g/mol. The number of ether oxygens (including phenoxy) is 4. The Balaban J connectivity index is 1.08. The number of allylic oxidation sites excluding steroid dienone is 2. The molecule has 5 aliphatic carbocycles. The van der Waals surface area contributed by atoms with E-state index in [1.54, 1.807) is 0 Å². The summed E-state index contributed by atoms with van der Waals surface area (Å²) in [7, 11) is 0. The second-order valence-corrected chi connectivity index (χ2v) is 20.7. The number of hydrogen-bond acceptors (Lipinski definition) is 12. The topological polar surface area (TPSA) is 216 Å². The van der Waals surface area contributed by atoms with Gasteiger partial charge in [-0.05, 0) is 109 Å². The second-order valence-electron chi connectivity index (χ2n) is 20.7. The van der Waals surface area contributed by atoms with Gasteiger partial charge in [-0.15, -0.1) is 0 Å². The Morgan fingerprint density at radius 1 is 0.727 bits per heavy atom. The van der Waals surface area contributed by atoms with E-state index in [0.717, 1.165) is 57.8 Å².